The van der Waals surface area contributed by atoms with Crippen molar-refractivity contribution in [1.29, 1.82) is 0 Å². The van der Waals surface area contributed by atoms with Crippen LogP contribution in [0.4, 0.5) is 15.8 Å². The summed E-state index contributed by atoms with van der Waals surface area (Å²) in [4.78, 5) is 7.40. The monoisotopic (exact) mass is 411 g/mol. The first kappa shape index (κ1) is 21.1. The van der Waals surface area contributed by atoms with Gasteiger partial charge in [-0.25, -0.2) is 4.39 Å². The van der Waals surface area contributed by atoms with Gasteiger partial charge in [0.05, 0.1) is 17.5 Å². The van der Waals surface area contributed by atoms with Crippen molar-refractivity contribution in [2.45, 2.75) is 44.2 Å². The van der Waals surface area contributed by atoms with E-state index in [-0.39, 0.29) is 5.82 Å². The minimum atomic E-state index is -0.520. The molecule has 0 saturated carbocycles. The Hall–Kier alpha value is -2.11. The van der Waals surface area contributed by atoms with Crippen LogP contribution in [-0.4, -0.2) is 56.3 Å². The number of benzene rings is 2. The molecule has 1 saturated heterocycles. The predicted molar refractivity (Wildman–Crippen MR) is 122 cm³/mol. The second kappa shape index (κ2) is 8.94. The van der Waals surface area contributed by atoms with Crippen molar-refractivity contribution >= 4 is 11.4 Å². The average Bonchev–Trinajstić information content (AvgIpc) is 3.07. The van der Waals surface area contributed by atoms with E-state index in [9.17, 15) is 9.50 Å². The number of halogens is 1. The fourth-order valence-corrected chi connectivity index (χ4v) is 5.33. The number of aliphatic hydroxyl groups excluding tert-OH is 1. The lowest BCUT2D eigenvalue weighted by molar-refractivity contribution is 0.144. The molecule has 0 radical (unpaired) electrons. The number of fused-ring (bicyclic) bond motifs is 3. The van der Waals surface area contributed by atoms with Gasteiger partial charge >= 0.3 is 0 Å². The van der Waals surface area contributed by atoms with Gasteiger partial charge in [-0.05, 0) is 62.1 Å². The van der Waals surface area contributed by atoms with Crippen LogP contribution in [0.25, 0.3) is 0 Å². The van der Waals surface area contributed by atoms with Gasteiger partial charge in [0.25, 0.3) is 0 Å². The number of likely N-dealkylation sites (tertiary alicyclic amines) is 1. The van der Waals surface area contributed by atoms with Gasteiger partial charge in [-0.3, -0.25) is 0 Å². The number of nitrogens with zero attached hydrogens (tertiary/aromatic N) is 3. The number of anilines is 2. The molecule has 2 aromatic rings. The fourth-order valence-electron chi connectivity index (χ4n) is 5.33. The number of hydrogen-bond acceptors (Lipinski definition) is 4. The van der Waals surface area contributed by atoms with E-state index in [1.165, 1.54) is 35.5 Å². The molecule has 0 aliphatic carbocycles. The summed E-state index contributed by atoms with van der Waals surface area (Å²) in [5.74, 6) is 0.292. The Morgan fingerprint density at radius 2 is 1.93 bits per heavy atom. The third-order valence-electron chi connectivity index (χ3n) is 6.82. The van der Waals surface area contributed by atoms with Crippen LogP contribution in [0, 0.1) is 5.82 Å². The minimum Gasteiger partial charge on any atom is -0.388 e. The van der Waals surface area contributed by atoms with Gasteiger partial charge in [0.1, 0.15) is 5.82 Å². The van der Waals surface area contributed by atoms with Gasteiger partial charge in [-0.1, -0.05) is 24.3 Å². The lowest BCUT2D eigenvalue weighted by Crippen LogP contribution is -2.46. The number of hydrogen-bond donors (Lipinski definition) is 1. The van der Waals surface area contributed by atoms with Crippen LogP contribution in [0.2, 0.25) is 0 Å². The van der Waals surface area contributed by atoms with Crippen molar-refractivity contribution < 1.29 is 9.50 Å². The summed E-state index contributed by atoms with van der Waals surface area (Å²) in [6, 6.07) is 13.5. The summed E-state index contributed by atoms with van der Waals surface area (Å²) < 4.78 is 13.1. The standard InChI is InChI=1S/C25H34FN3O/c1-4-29-22-14-16-28(15-6-9-24(30)18-10-12-19(26)13-11-18)17-21(22)20-7-5-8-23(25(20)29)27(2)3/h5,7-8,10-13,21-22,24,30H,4,6,9,14-17H2,1-3H3/t21-,22-,24?/m0/s1. The lowest BCUT2D eigenvalue weighted by atomic mass is 9.88. The summed E-state index contributed by atoms with van der Waals surface area (Å²) in [6.45, 7) is 6.49. The van der Waals surface area contributed by atoms with Gasteiger partial charge in [-0.2, -0.15) is 0 Å². The number of para-hydroxylation sites is 1. The molecule has 0 spiro atoms. The second-order valence-corrected chi connectivity index (χ2v) is 8.87. The molecule has 2 aromatic carbocycles. The molecule has 1 fully saturated rings. The highest BCUT2D eigenvalue weighted by Gasteiger charge is 2.42. The highest BCUT2D eigenvalue weighted by molar-refractivity contribution is 5.78. The lowest BCUT2D eigenvalue weighted by Gasteiger charge is -2.39. The van der Waals surface area contributed by atoms with Gasteiger partial charge in [0.2, 0.25) is 0 Å². The van der Waals surface area contributed by atoms with E-state index in [1.807, 2.05) is 0 Å². The molecule has 1 N–H and O–H groups in total. The summed E-state index contributed by atoms with van der Waals surface area (Å²) in [5, 5.41) is 10.4. The molecule has 0 amide bonds. The van der Waals surface area contributed by atoms with E-state index in [4.69, 9.17) is 0 Å². The molecule has 5 heteroatoms. The predicted octanol–water partition coefficient (Wildman–Crippen LogP) is 4.40. The summed E-state index contributed by atoms with van der Waals surface area (Å²) in [5.41, 5.74) is 5.03. The van der Waals surface area contributed by atoms with E-state index in [1.54, 1.807) is 12.1 Å². The topological polar surface area (TPSA) is 30.0 Å². The molecule has 2 aliphatic rings. The SMILES string of the molecule is CCN1c2c(cccc2N(C)C)[C@@H]2CN(CCCC(O)c3ccc(F)cc3)CC[C@@H]21. The van der Waals surface area contributed by atoms with Crippen LogP contribution < -0.4 is 9.80 Å². The van der Waals surface area contributed by atoms with Crippen LogP contribution in [0.15, 0.2) is 42.5 Å². The molecule has 3 atom stereocenters. The molecule has 0 bridgehead atoms. The Bertz CT molecular complexity index is 854. The van der Waals surface area contributed by atoms with E-state index >= 15 is 0 Å². The molecular weight excluding hydrogens is 377 g/mol. The summed E-state index contributed by atoms with van der Waals surface area (Å²) in [6.07, 6.45) is 2.31. The average molecular weight is 412 g/mol. The van der Waals surface area contributed by atoms with Crippen molar-refractivity contribution in [1.82, 2.24) is 4.90 Å². The Kier molecular flexibility index (Phi) is 6.30. The second-order valence-electron chi connectivity index (χ2n) is 8.87. The van der Waals surface area contributed by atoms with Crippen molar-refractivity contribution in [2.75, 3.05) is 50.1 Å². The number of rotatable bonds is 7. The van der Waals surface area contributed by atoms with E-state index in [2.05, 4.69) is 53.9 Å². The molecule has 4 rings (SSSR count). The van der Waals surface area contributed by atoms with Crippen LogP contribution in [-0.2, 0) is 0 Å². The van der Waals surface area contributed by atoms with Gasteiger partial charge in [0, 0.05) is 45.7 Å². The van der Waals surface area contributed by atoms with Crippen molar-refractivity contribution in [3.63, 3.8) is 0 Å². The number of piperidine rings is 1. The van der Waals surface area contributed by atoms with Crippen molar-refractivity contribution in [3.05, 3.63) is 59.4 Å². The van der Waals surface area contributed by atoms with Crippen molar-refractivity contribution in [2.24, 2.45) is 0 Å². The normalized spacial score (nSPS) is 22.0. The molecule has 0 aromatic heterocycles. The zero-order chi connectivity index (χ0) is 21.3. The largest absolute Gasteiger partial charge is 0.388 e. The Morgan fingerprint density at radius 3 is 2.63 bits per heavy atom. The molecule has 4 nitrogen and oxygen atoms in total. The quantitative estimate of drug-likeness (QED) is 0.731. The smallest absolute Gasteiger partial charge is 0.123 e. The first-order chi connectivity index (χ1) is 14.5. The van der Waals surface area contributed by atoms with E-state index < -0.39 is 6.10 Å². The third kappa shape index (κ3) is 4.06. The third-order valence-corrected chi connectivity index (χ3v) is 6.82. The van der Waals surface area contributed by atoms with Crippen LogP contribution >= 0.6 is 0 Å². The maximum absolute atomic E-state index is 13.1. The maximum atomic E-state index is 13.1. The highest BCUT2D eigenvalue weighted by Crippen LogP contribution is 2.48. The van der Waals surface area contributed by atoms with Crippen molar-refractivity contribution in [3.8, 4) is 0 Å². The Labute approximate surface area is 179 Å². The van der Waals surface area contributed by atoms with E-state index in [0.717, 1.165) is 38.2 Å². The first-order valence-electron chi connectivity index (χ1n) is 11.2. The summed E-state index contributed by atoms with van der Waals surface area (Å²) in [7, 11) is 4.26. The number of aliphatic hydroxyl groups is 1. The zero-order valence-electron chi connectivity index (χ0n) is 18.4. The molecule has 30 heavy (non-hydrogen) atoms. The molecule has 2 aliphatic heterocycles. The van der Waals surface area contributed by atoms with Gasteiger partial charge in [0.15, 0.2) is 0 Å². The minimum absolute atomic E-state index is 0.260. The zero-order valence-corrected chi connectivity index (χ0v) is 18.4. The highest BCUT2D eigenvalue weighted by atomic mass is 19.1. The molecule has 162 valence electrons. The molecule has 2 heterocycles. The maximum Gasteiger partial charge on any atom is 0.123 e. The van der Waals surface area contributed by atoms with Gasteiger partial charge < -0.3 is 19.8 Å². The molecular formula is C25H34FN3O. The van der Waals surface area contributed by atoms with Gasteiger partial charge in [-0.15, -0.1) is 0 Å². The molecule has 1 unspecified atom stereocenters. The van der Waals surface area contributed by atoms with E-state index in [0.29, 0.717) is 18.4 Å². The van der Waals surface area contributed by atoms with Crippen LogP contribution in [0.3, 0.4) is 0 Å². The Morgan fingerprint density at radius 1 is 1.17 bits per heavy atom. The fraction of sp³-hybridized carbons (Fsp3) is 0.520. The summed E-state index contributed by atoms with van der Waals surface area (Å²) >= 11 is 0. The Balaban J connectivity index is 1.39. The number of likely N-dealkylation sites (N-methyl/N-ethyl adjacent to an activating group) is 1. The van der Waals surface area contributed by atoms with Crippen LogP contribution in [0.1, 0.15) is 49.3 Å². The first-order valence-corrected chi connectivity index (χ1v) is 11.2. The van der Waals surface area contributed by atoms with Crippen LogP contribution in [0.5, 0.6) is 0 Å².